The normalized spacial score (nSPS) is 15.8. The molecule has 0 saturated carbocycles. The average Bonchev–Trinajstić information content (AvgIpc) is 3.16. The van der Waals surface area contributed by atoms with Crippen LogP contribution in [-0.2, 0) is 19.6 Å². The van der Waals surface area contributed by atoms with Gasteiger partial charge in [-0.05, 0) is 44.4 Å². The maximum Gasteiger partial charge on any atom is 0.339 e. The minimum absolute atomic E-state index is 0.0438. The molecule has 0 N–H and O–H groups in total. The average molecular weight is 397 g/mol. The van der Waals surface area contributed by atoms with Crippen LogP contribution in [0.25, 0.3) is 0 Å². The minimum Gasteiger partial charge on any atom is -0.449 e. The van der Waals surface area contributed by atoms with E-state index in [1.165, 1.54) is 16.4 Å². The van der Waals surface area contributed by atoms with Crippen LogP contribution >= 0.6 is 0 Å². The molecule has 0 bridgehead atoms. The Labute approximate surface area is 161 Å². The number of hydrogen-bond acceptors (Lipinski definition) is 5. The SMILES string of the molecule is CCN(CC)S(=O)(=O)c1ccc(C)c(C(=O)O[C@H](C)C(=O)N2CCCC2)c1. The van der Waals surface area contributed by atoms with Gasteiger partial charge in [-0.1, -0.05) is 19.9 Å². The van der Waals surface area contributed by atoms with Crippen molar-refractivity contribution >= 4 is 21.9 Å². The summed E-state index contributed by atoms with van der Waals surface area (Å²) in [6, 6.07) is 4.40. The molecule has 1 aliphatic heterocycles. The molecule has 0 radical (unpaired) electrons. The second-order valence-corrected chi connectivity index (χ2v) is 8.58. The quantitative estimate of drug-likeness (QED) is 0.660. The second kappa shape index (κ2) is 8.84. The smallest absolute Gasteiger partial charge is 0.339 e. The van der Waals surface area contributed by atoms with Crippen molar-refractivity contribution in [3.8, 4) is 0 Å². The van der Waals surface area contributed by atoms with Gasteiger partial charge < -0.3 is 9.64 Å². The number of likely N-dealkylation sites (tertiary alicyclic amines) is 1. The molecule has 1 aliphatic rings. The number of carbonyl (C=O) groups is 2. The third-order valence-corrected chi connectivity index (χ3v) is 6.87. The van der Waals surface area contributed by atoms with Crippen LogP contribution in [0.5, 0.6) is 0 Å². The topological polar surface area (TPSA) is 84.0 Å². The highest BCUT2D eigenvalue weighted by atomic mass is 32.2. The summed E-state index contributed by atoms with van der Waals surface area (Å²) in [6.45, 7) is 8.81. The van der Waals surface area contributed by atoms with Gasteiger partial charge in [0.15, 0.2) is 6.10 Å². The van der Waals surface area contributed by atoms with Crippen molar-refractivity contribution in [2.45, 2.75) is 51.5 Å². The van der Waals surface area contributed by atoms with Gasteiger partial charge >= 0.3 is 5.97 Å². The third kappa shape index (κ3) is 4.68. The predicted molar refractivity (Wildman–Crippen MR) is 102 cm³/mol. The molecule has 0 spiro atoms. The largest absolute Gasteiger partial charge is 0.449 e. The maximum atomic E-state index is 12.7. The molecule has 0 aromatic heterocycles. The molecule has 1 aromatic rings. The molecule has 1 aromatic carbocycles. The Morgan fingerprint density at radius 1 is 1.19 bits per heavy atom. The van der Waals surface area contributed by atoms with Gasteiger partial charge in [0.05, 0.1) is 10.5 Å². The summed E-state index contributed by atoms with van der Waals surface area (Å²) in [5.41, 5.74) is 0.753. The van der Waals surface area contributed by atoms with E-state index < -0.39 is 22.1 Å². The van der Waals surface area contributed by atoms with Crippen molar-refractivity contribution in [3.63, 3.8) is 0 Å². The standard InChI is InChI=1S/C19H28N2O5S/c1-5-21(6-2)27(24,25)16-10-9-14(3)17(13-16)19(23)26-15(4)18(22)20-11-7-8-12-20/h9-10,13,15H,5-8,11-12H2,1-4H3/t15-/m1/s1. The first-order valence-electron chi connectivity index (χ1n) is 9.32. The zero-order valence-electron chi connectivity index (χ0n) is 16.4. The van der Waals surface area contributed by atoms with Gasteiger partial charge in [-0.2, -0.15) is 4.31 Å². The highest BCUT2D eigenvalue weighted by Crippen LogP contribution is 2.21. The lowest BCUT2D eigenvalue weighted by Gasteiger charge is -2.21. The number of benzene rings is 1. The lowest BCUT2D eigenvalue weighted by molar-refractivity contribution is -0.138. The predicted octanol–water partition coefficient (Wildman–Crippen LogP) is 2.19. The summed E-state index contributed by atoms with van der Waals surface area (Å²) in [7, 11) is -3.68. The summed E-state index contributed by atoms with van der Waals surface area (Å²) in [4.78, 5) is 26.6. The molecule has 27 heavy (non-hydrogen) atoms. The van der Waals surface area contributed by atoms with Crippen LogP contribution in [0.4, 0.5) is 0 Å². The Balaban J connectivity index is 2.22. The second-order valence-electron chi connectivity index (χ2n) is 6.65. The van der Waals surface area contributed by atoms with Gasteiger partial charge in [0.1, 0.15) is 0 Å². The zero-order valence-corrected chi connectivity index (χ0v) is 17.2. The molecule has 0 unspecified atom stereocenters. The van der Waals surface area contributed by atoms with Crippen molar-refractivity contribution in [1.82, 2.24) is 9.21 Å². The monoisotopic (exact) mass is 396 g/mol. The molecule has 7 nitrogen and oxygen atoms in total. The highest BCUT2D eigenvalue weighted by molar-refractivity contribution is 7.89. The van der Waals surface area contributed by atoms with E-state index in [1.807, 2.05) is 0 Å². The van der Waals surface area contributed by atoms with Crippen molar-refractivity contribution in [2.24, 2.45) is 0 Å². The Morgan fingerprint density at radius 3 is 2.33 bits per heavy atom. The van der Waals surface area contributed by atoms with E-state index in [9.17, 15) is 18.0 Å². The van der Waals surface area contributed by atoms with Gasteiger partial charge in [-0.15, -0.1) is 0 Å². The Morgan fingerprint density at radius 2 is 1.78 bits per heavy atom. The van der Waals surface area contributed by atoms with Gasteiger partial charge in [0.2, 0.25) is 10.0 Å². The molecule has 0 aliphatic carbocycles. The van der Waals surface area contributed by atoms with Gasteiger partial charge in [-0.25, -0.2) is 13.2 Å². The van der Waals surface area contributed by atoms with E-state index in [2.05, 4.69) is 0 Å². The number of esters is 1. The number of amides is 1. The molecule has 1 heterocycles. The minimum atomic E-state index is -3.68. The molecule has 1 atom stereocenters. The van der Waals surface area contributed by atoms with E-state index in [0.29, 0.717) is 31.7 Å². The van der Waals surface area contributed by atoms with Gasteiger partial charge in [0, 0.05) is 26.2 Å². The molecular formula is C19H28N2O5S. The first kappa shape index (κ1) is 21.4. The Hall–Kier alpha value is -1.93. The Kier molecular flexibility index (Phi) is 7.00. The summed E-state index contributed by atoms with van der Waals surface area (Å²) in [5.74, 6) is -0.908. The summed E-state index contributed by atoms with van der Waals surface area (Å²) >= 11 is 0. The summed E-state index contributed by atoms with van der Waals surface area (Å²) in [6.07, 6.45) is 1.01. The van der Waals surface area contributed by atoms with E-state index in [-0.39, 0.29) is 16.4 Å². The van der Waals surface area contributed by atoms with E-state index in [1.54, 1.807) is 38.7 Å². The molecule has 150 valence electrons. The van der Waals surface area contributed by atoms with Crippen molar-refractivity contribution in [3.05, 3.63) is 29.3 Å². The number of carbonyl (C=O) groups excluding carboxylic acids is 2. The highest BCUT2D eigenvalue weighted by Gasteiger charge is 2.28. The van der Waals surface area contributed by atoms with Crippen LogP contribution in [0, 0.1) is 6.92 Å². The fourth-order valence-electron chi connectivity index (χ4n) is 3.16. The molecule has 8 heteroatoms. The maximum absolute atomic E-state index is 12.7. The number of rotatable bonds is 7. The molecule has 2 rings (SSSR count). The van der Waals surface area contributed by atoms with E-state index in [0.717, 1.165) is 12.8 Å². The third-order valence-electron chi connectivity index (χ3n) is 4.82. The van der Waals surface area contributed by atoms with Crippen LogP contribution in [0.3, 0.4) is 0 Å². The van der Waals surface area contributed by atoms with Crippen LogP contribution in [0.1, 0.15) is 49.5 Å². The van der Waals surface area contributed by atoms with Gasteiger partial charge in [-0.3, -0.25) is 4.79 Å². The van der Waals surface area contributed by atoms with Crippen LogP contribution in [0.2, 0.25) is 0 Å². The van der Waals surface area contributed by atoms with Crippen LogP contribution < -0.4 is 0 Å². The van der Waals surface area contributed by atoms with Crippen molar-refractivity contribution in [2.75, 3.05) is 26.2 Å². The van der Waals surface area contributed by atoms with Crippen LogP contribution in [-0.4, -0.2) is 61.8 Å². The lowest BCUT2D eigenvalue weighted by Crippen LogP contribution is -2.38. The lowest BCUT2D eigenvalue weighted by atomic mass is 10.1. The summed E-state index contributed by atoms with van der Waals surface area (Å²) in [5, 5.41) is 0. The molecule has 1 amide bonds. The van der Waals surface area contributed by atoms with E-state index in [4.69, 9.17) is 4.74 Å². The fraction of sp³-hybridized carbons (Fsp3) is 0.579. The first-order valence-corrected chi connectivity index (χ1v) is 10.8. The van der Waals surface area contributed by atoms with Crippen molar-refractivity contribution in [1.29, 1.82) is 0 Å². The Bertz CT molecular complexity index is 796. The van der Waals surface area contributed by atoms with E-state index >= 15 is 0 Å². The number of ether oxygens (including phenoxy) is 1. The number of nitrogens with zero attached hydrogens (tertiary/aromatic N) is 2. The fourth-order valence-corrected chi connectivity index (χ4v) is 4.65. The van der Waals surface area contributed by atoms with Crippen molar-refractivity contribution < 1.29 is 22.7 Å². The number of hydrogen-bond donors (Lipinski definition) is 0. The first-order chi connectivity index (χ1) is 12.7. The summed E-state index contributed by atoms with van der Waals surface area (Å²) < 4.78 is 32.1. The number of sulfonamides is 1. The van der Waals surface area contributed by atoms with Gasteiger partial charge in [0.25, 0.3) is 5.91 Å². The molecule has 1 fully saturated rings. The molecular weight excluding hydrogens is 368 g/mol. The van der Waals surface area contributed by atoms with Crippen LogP contribution in [0.15, 0.2) is 23.1 Å². The number of aryl methyl sites for hydroxylation is 1. The zero-order chi connectivity index (χ0) is 20.2. The molecule has 1 saturated heterocycles.